The summed E-state index contributed by atoms with van der Waals surface area (Å²) in [5.41, 5.74) is 6.78. The van der Waals surface area contributed by atoms with Crippen molar-refractivity contribution in [3.05, 3.63) is 26.3 Å². The fraction of sp³-hybridized carbons (Fsp3) is 0.222. The highest BCUT2D eigenvalue weighted by Gasteiger charge is 2.08. The lowest BCUT2D eigenvalue weighted by Gasteiger charge is -1.96. The van der Waals surface area contributed by atoms with E-state index in [4.69, 9.17) is 5.73 Å². The average Bonchev–Trinajstić information content (AvgIpc) is 2.70. The van der Waals surface area contributed by atoms with Crippen molar-refractivity contribution >= 4 is 38.6 Å². The van der Waals surface area contributed by atoms with Gasteiger partial charge in [0.25, 0.3) is 0 Å². The minimum atomic E-state index is 0.0251. The number of thiazole rings is 1. The van der Waals surface area contributed by atoms with Crippen LogP contribution in [-0.4, -0.2) is 4.98 Å². The van der Waals surface area contributed by atoms with E-state index >= 15 is 0 Å². The third-order valence-corrected chi connectivity index (χ3v) is 4.43. The fourth-order valence-corrected chi connectivity index (χ4v) is 3.26. The Bertz CT molecular complexity index is 433. The van der Waals surface area contributed by atoms with Gasteiger partial charge in [-0.25, -0.2) is 4.98 Å². The summed E-state index contributed by atoms with van der Waals surface area (Å²) >= 11 is 6.74. The summed E-state index contributed by atoms with van der Waals surface area (Å²) in [7, 11) is 0. The van der Waals surface area contributed by atoms with Crippen molar-refractivity contribution in [2.75, 3.05) is 0 Å². The highest BCUT2D eigenvalue weighted by molar-refractivity contribution is 9.11. The topological polar surface area (TPSA) is 38.9 Å². The number of nitrogens with two attached hydrogens (primary N) is 1. The second kappa shape index (κ2) is 4.10. The van der Waals surface area contributed by atoms with Crippen molar-refractivity contribution in [1.82, 2.24) is 4.98 Å². The van der Waals surface area contributed by atoms with Gasteiger partial charge in [0.1, 0.15) is 5.01 Å². The normalized spacial score (nSPS) is 13.1. The predicted molar refractivity (Wildman–Crippen MR) is 65.7 cm³/mol. The van der Waals surface area contributed by atoms with Crippen molar-refractivity contribution in [2.24, 2.45) is 5.73 Å². The molecule has 0 saturated carbocycles. The van der Waals surface area contributed by atoms with Crippen LogP contribution < -0.4 is 5.73 Å². The van der Waals surface area contributed by atoms with E-state index in [1.165, 1.54) is 4.88 Å². The maximum absolute atomic E-state index is 5.75. The maximum Gasteiger partial charge on any atom is 0.110 e. The molecular formula is C9H9BrN2S2. The van der Waals surface area contributed by atoms with Crippen LogP contribution in [0.1, 0.15) is 18.0 Å². The van der Waals surface area contributed by atoms with Crippen LogP contribution in [0.4, 0.5) is 0 Å². The van der Waals surface area contributed by atoms with Crippen LogP contribution in [0.25, 0.3) is 10.6 Å². The van der Waals surface area contributed by atoms with E-state index in [2.05, 4.69) is 32.4 Å². The summed E-state index contributed by atoms with van der Waals surface area (Å²) in [6.07, 6.45) is 0. The Morgan fingerprint density at radius 2 is 2.29 bits per heavy atom. The van der Waals surface area contributed by atoms with Crippen LogP contribution in [0.3, 0.4) is 0 Å². The summed E-state index contributed by atoms with van der Waals surface area (Å²) in [5.74, 6) is 0. The Morgan fingerprint density at radius 1 is 1.50 bits per heavy atom. The Kier molecular flexibility index (Phi) is 3.02. The predicted octanol–water partition coefficient (Wildman–Crippen LogP) is 3.65. The summed E-state index contributed by atoms with van der Waals surface area (Å²) in [6, 6.07) is 4.12. The first-order valence-electron chi connectivity index (χ1n) is 4.13. The number of hydrogen-bond donors (Lipinski definition) is 1. The van der Waals surface area contributed by atoms with Crippen LogP contribution in [0.5, 0.6) is 0 Å². The van der Waals surface area contributed by atoms with Gasteiger partial charge < -0.3 is 5.73 Å². The Labute approximate surface area is 98.9 Å². The Morgan fingerprint density at radius 3 is 2.79 bits per heavy atom. The molecule has 2 aromatic heterocycles. The van der Waals surface area contributed by atoms with Gasteiger partial charge in [0, 0.05) is 5.38 Å². The molecule has 2 rings (SSSR count). The smallest absolute Gasteiger partial charge is 0.110 e. The zero-order valence-corrected chi connectivity index (χ0v) is 10.7. The molecule has 0 fully saturated rings. The van der Waals surface area contributed by atoms with Crippen molar-refractivity contribution in [1.29, 1.82) is 0 Å². The standard InChI is InChI=1S/C9H9BrN2S2/c1-5(11)9-12-6(4-13-9)7-2-3-8(10)14-7/h2-5H,11H2,1H3. The van der Waals surface area contributed by atoms with E-state index in [1.54, 1.807) is 22.7 Å². The number of nitrogens with zero attached hydrogens (tertiary/aromatic N) is 1. The Hall–Kier alpha value is -0.230. The van der Waals surface area contributed by atoms with Crippen LogP contribution in [0, 0.1) is 0 Å². The molecule has 0 aliphatic rings. The number of halogens is 1. The largest absolute Gasteiger partial charge is 0.322 e. The lowest BCUT2D eigenvalue weighted by Crippen LogP contribution is -2.03. The number of rotatable bonds is 2. The molecule has 0 aliphatic heterocycles. The van der Waals surface area contributed by atoms with Gasteiger partial charge in [0.15, 0.2) is 0 Å². The van der Waals surface area contributed by atoms with Crippen LogP contribution in [0.2, 0.25) is 0 Å². The SMILES string of the molecule is CC(N)c1nc(-c2ccc(Br)s2)cs1. The summed E-state index contributed by atoms with van der Waals surface area (Å²) in [6.45, 7) is 1.95. The van der Waals surface area contributed by atoms with Crippen molar-refractivity contribution in [2.45, 2.75) is 13.0 Å². The summed E-state index contributed by atoms with van der Waals surface area (Å²) < 4.78 is 1.13. The van der Waals surface area contributed by atoms with E-state index in [0.717, 1.165) is 14.5 Å². The third kappa shape index (κ3) is 2.06. The molecule has 2 nitrogen and oxygen atoms in total. The van der Waals surface area contributed by atoms with Gasteiger partial charge in [-0.05, 0) is 35.0 Å². The van der Waals surface area contributed by atoms with Gasteiger partial charge in [0.05, 0.1) is 20.4 Å². The van der Waals surface area contributed by atoms with E-state index in [-0.39, 0.29) is 6.04 Å². The molecule has 2 heterocycles. The number of aromatic nitrogens is 1. The zero-order chi connectivity index (χ0) is 10.1. The van der Waals surface area contributed by atoms with Gasteiger partial charge in [-0.3, -0.25) is 0 Å². The maximum atomic E-state index is 5.75. The minimum Gasteiger partial charge on any atom is -0.322 e. The molecule has 1 atom stereocenters. The molecule has 0 spiro atoms. The van der Waals surface area contributed by atoms with Crippen molar-refractivity contribution in [3.8, 4) is 10.6 Å². The molecule has 2 aromatic rings. The minimum absolute atomic E-state index is 0.0251. The molecule has 0 amide bonds. The highest BCUT2D eigenvalue weighted by atomic mass is 79.9. The number of hydrogen-bond acceptors (Lipinski definition) is 4. The van der Waals surface area contributed by atoms with Crippen LogP contribution in [-0.2, 0) is 0 Å². The fourth-order valence-electron chi connectivity index (χ4n) is 1.06. The van der Waals surface area contributed by atoms with Crippen molar-refractivity contribution < 1.29 is 0 Å². The highest BCUT2D eigenvalue weighted by Crippen LogP contribution is 2.32. The second-order valence-electron chi connectivity index (χ2n) is 2.96. The van der Waals surface area contributed by atoms with E-state index < -0.39 is 0 Å². The molecule has 1 unspecified atom stereocenters. The van der Waals surface area contributed by atoms with Gasteiger partial charge in [-0.1, -0.05) is 0 Å². The quantitative estimate of drug-likeness (QED) is 0.916. The first-order valence-corrected chi connectivity index (χ1v) is 6.62. The van der Waals surface area contributed by atoms with Gasteiger partial charge in [0.2, 0.25) is 0 Å². The molecular weight excluding hydrogens is 280 g/mol. The molecule has 0 aliphatic carbocycles. The third-order valence-electron chi connectivity index (χ3n) is 1.74. The molecule has 0 bridgehead atoms. The average molecular weight is 289 g/mol. The van der Waals surface area contributed by atoms with E-state index in [9.17, 15) is 0 Å². The summed E-state index contributed by atoms with van der Waals surface area (Å²) in [4.78, 5) is 5.66. The summed E-state index contributed by atoms with van der Waals surface area (Å²) in [5, 5.41) is 3.04. The van der Waals surface area contributed by atoms with Crippen LogP contribution >= 0.6 is 38.6 Å². The second-order valence-corrected chi connectivity index (χ2v) is 6.32. The monoisotopic (exact) mass is 288 g/mol. The van der Waals surface area contributed by atoms with Gasteiger partial charge >= 0.3 is 0 Å². The number of thiophene rings is 1. The lowest BCUT2D eigenvalue weighted by molar-refractivity contribution is 0.808. The first kappa shape index (κ1) is 10.3. The van der Waals surface area contributed by atoms with E-state index in [0.29, 0.717) is 0 Å². The lowest BCUT2D eigenvalue weighted by atomic mass is 10.3. The molecule has 74 valence electrons. The van der Waals surface area contributed by atoms with Crippen molar-refractivity contribution in [3.63, 3.8) is 0 Å². The Balaban J connectivity index is 2.33. The molecule has 14 heavy (non-hydrogen) atoms. The molecule has 0 saturated heterocycles. The van der Waals surface area contributed by atoms with Gasteiger partial charge in [-0.15, -0.1) is 22.7 Å². The molecule has 2 N–H and O–H groups in total. The molecule has 0 aromatic carbocycles. The van der Waals surface area contributed by atoms with E-state index in [1.807, 2.05) is 13.0 Å². The van der Waals surface area contributed by atoms with Gasteiger partial charge in [-0.2, -0.15) is 0 Å². The molecule has 5 heteroatoms. The van der Waals surface area contributed by atoms with Crippen LogP contribution in [0.15, 0.2) is 21.3 Å². The first-order chi connectivity index (χ1) is 6.66. The molecule has 0 radical (unpaired) electrons. The zero-order valence-electron chi connectivity index (χ0n) is 7.53.